The van der Waals surface area contributed by atoms with E-state index in [1.165, 1.54) is 0 Å². The first-order valence-corrected chi connectivity index (χ1v) is 7.94. The largest absolute Gasteiger partial charge is 0.339 e. The Balaban J connectivity index is 2.92. The predicted octanol–water partition coefficient (Wildman–Crippen LogP) is 5.00. The lowest BCUT2D eigenvalue weighted by Gasteiger charge is -2.26. The molecule has 0 aliphatic heterocycles. The number of amides is 1. The van der Waals surface area contributed by atoms with Gasteiger partial charge in [-0.1, -0.05) is 38.3 Å². The van der Waals surface area contributed by atoms with Crippen molar-refractivity contribution < 1.29 is 4.79 Å². The van der Waals surface area contributed by atoms with Crippen molar-refractivity contribution >= 4 is 33.4 Å². The molecule has 1 aromatic carbocycles. The molecule has 1 amide bonds. The molecule has 0 fully saturated rings. The van der Waals surface area contributed by atoms with Gasteiger partial charge in [-0.2, -0.15) is 0 Å². The third-order valence-electron chi connectivity index (χ3n) is 3.46. The minimum Gasteiger partial charge on any atom is -0.339 e. The maximum Gasteiger partial charge on any atom is 0.255 e. The first-order valence-electron chi connectivity index (χ1n) is 6.77. The van der Waals surface area contributed by atoms with E-state index in [0.717, 1.165) is 23.9 Å². The average molecular weight is 347 g/mol. The molecule has 0 atom stereocenters. The Bertz CT molecular complexity index is 432. The second kappa shape index (κ2) is 7.91. The fourth-order valence-electron chi connectivity index (χ4n) is 2.05. The van der Waals surface area contributed by atoms with Gasteiger partial charge in [-0.15, -0.1) is 0 Å². The second-order valence-electron chi connectivity index (χ2n) is 4.65. The van der Waals surface area contributed by atoms with Crippen LogP contribution in [0.1, 0.15) is 44.0 Å². The fourth-order valence-corrected chi connectivity index (χ4v) is 2.63. The van der Waals surface area contributed by atoms with E-state index in [2.05, 4.69) is 29.8 Å². The molecular weight excluding hydrogens is 326 g/mol. The number of carbonyl (C=O) groups excluding carboxylic acids is 1. The number of hydrogen-bond acceptors (Lipinski definition) is 1. The van der Waals surface area contributed by atoms with Crippen LogP contribution in [0.3, 0.4) is 0 Å². The molecule has 0 aromatic heterocycles. The molecule has 2 nitrogen and oxygen atoms in total. The molecule has 0 unspecified atom stereocenters. The van der Waals surface area contributed by atoms with Crippen molar-refractivity contribution in [2.24, 2.45) is 5.92 Å². The van der Waals surface area contributed by atoms with E-state index < -0.39 is 0 Å². The third kappa shape index (κ3) is 4.50. The van der Waals surface area contributed by atoms with Crippen molar-refractivity contribution in [1.82, 2.24) is 4.90 Å². The summed E-state index contributed by atoms with van der Waals surface area (Å²) in [5.41, 5.74) is 0.639. The first-order chi connectivity index (χ1) is 9.03. The van der Waals surface area contributed by atoms with E-state index >= 15 is 0 Å². The molecule has 0 spiro atoms. The van der Waals surface area contributed by atoms with Crippen LogP contribution in [-0.4, -0.2) is 23.9 Å². The van der Waals surface area contributed by atoms with Gasteiger partial charge >= 0.3 is 0 Å². The van der Waals surface area contributed by atoms with Crippen LogP contribution >= 0.6 is 27.5 Å². The van der Waals surface area contributed by atoms with Crippen LogP contribution in [0.4, 0.5) is 0 Å². The lowest BCUT2D eigenvalue weighted by atomic mass is 10.0. The summed E-state index contributed by atoms with van der Waals surface area (Å²) in [5, 5.41) is 0.588. The van der Waals surface area contributed by atoms with Gasteiger partial charge in [-0.3, -0.25) is 4.79 Å². The highest BCUT2D eigenvalue weighted by atomic mass is 79.9. The minimum atomic E-state index is 0.0452. The molecule has 1 aromatic rings. The van der Waals surface area contributed by atoms with Gasteiger partial charge < -0.3 is 4.90 Å². The summed E-state index contributed by atoms with van der Waals surface area (Å²) >= 11 is 9.40. The second-order valence-corrected chi connectivity index (χ2v) is 5.94. The van der Waals surface area contributed by atoms with Crippen LogP contribution < -0.4 is 0 Å². The Hall–Kier alpha value is -0.540. The summed E-state index contributed by atoms with van der Waals surface area (Å²) in [6.07, 6.45) is 2.19. The van der Waals surface area contributed by atoms with Gasteiger partial charge in [0.1, 0.15) is 0 Å². The Morgan fingerprint density at radius 3 is 2.47 bits per heavy atom. The first kappa shape index (κ1) is 16.5. The smallest absolute Gasteiger partial charge is 0.255 e. The van der Waals surface area contributed by atoms with Crippen molar-refractivity contribution in [2.75, 3.05) is 13.1 Å². The monoisotopic (exact) mass is 345 g/mol. The van der Waals surface area contributed by atoms with Gasteiger partial charge in [0, 0.05) is 22.6 Å². The zero-order chi connectivity index (χ0) is 14.4. The van der Waals surface area contributed by atoms with E-state index in [1.54, 1.807) is 12.1 Å². The summed E-state index contributed by atoms with van der Waals surface area (Å²) in [6.45, 7) is 7.87. The SMILES string of the molecule is CCC(CC)CN(CC)C(=O)c1cc(Cl)ccc1Br. The summed E-state index contributed by atoms with van der Waals surface area (Å²) < 4.78 is 0.796. The Kier molecular flexibility index (Phi) is 6.87. The van der Waals surface area contributed by atoms with E-state index in [9.17, 15) is 4.79 Å². The van der Waals surface area contributed by atoms with E-state index in [4.69, 9.17) is 11.6 Å². The lowest BCUT2D eigenvalue weighted by Crippen LogP contribution is -2.35. The van der Waals surface area contributed by atoms with Gasteiger partial charge in [0.05, 0.1) is 5.56 Å². The van der Waals surface area contributed by atoms with Gasteiger partial charge in [0.25, 0.3) is 5.91 Å². The van der Waals surface area contributed by atoms with Gasteiger partial charge in [-0.25, -0.2) is 0 Å². The molecule has 0 aliphatic carbocycles. The van der Waals surface area contributed by atoms with Gasteiger partial charge in [0.2, 0.25) is 0 Å². The Morgan fingerprint density at radius 2 is 1.95 bits per heavy atom. The normalized spacial score (nSPS) is 10.8. The van der Waals surface area contributed by atoms with Gasteiger partial charge in [-0.05, 0) is 47.0 Å². The minimum absolute atomic E-state index is 0.0452. The predicted molar refractivity (Wildman–Crippen MR) is 84.8 cm³/mol. The van der Waals surface area contributed by atoms with E-state index in [1.807, 2.05) is 17.9 Å². The summed E-state index contributed by atoms with van der Waals surface area (Å²) in [5.74, 6) is 0.602. The quantitative estimate of drug-likeness (QED) is 0.709. The highest BCUT2D eigenvalue weighted by Gasteiger charge is 2.19. The van der Waals surface area contributed by atoms with Gasteiger partial charge in [0.15, 0.2) is 0 Å². The van der Waals surface area contributed by atoms with E-state index in [-0.39, 0.29) is 5.91 Å². The van der Waals surface area contributed by atoms with Crippen LogP contribution in [0.25, 0.3) is 0 Å². The van der Waals surface area contributed by atoms with Crippen LogP contribution in [0, 0.1) is 5.92 Å². The zero-order valence-electron chi connectivity index (χ0n) is 11.7. The van der Waals surface area contributed by atoms with Crippen molar-refractivity contribution in [3.05, 3.63) is 33.3 Å². The highest BCUT2D eigenvalue weighted by Crippen LogP contribution is 2.23. The molecule has 0 bridgehead atoms. The number of hydrogen-bond donors (Lipinski definition) is 0. The molecule has 1 rings (SSSR count). The van der Waals surface area contributed by atoms with Crippen LogP contribution in [0.2, 0.25) is 5.02 Å². The molecule has 0 N–H and O–H groups in total. The molecule has 0 heterocycles. The molecule has 0 radical (unpaired) electrons. The van der Waals surface area contributed by atoms with Crippen LogP contribution in [0.5, 0.6) is 0 Å². The molecule has 19 heavy (non-hydrogen) atoms. The summed E-state index contributed by atoms with van der Waals surface area (Å²) in [6, 6.07) is 5.32. The van der Waals surface area contributed by atoms with Crippen LogP contribution in [0.15, 0.2) is 22.7 Å². The molecule has 0 saturated heterocycles. The molecule has 0 saturated carbocycles. The maximum absolute atomic E-state index is 12.6. The van der Waals surface area contributed by atoms with Crippen molar-refractivity contribution in [2.45, 2.75) is 33.6 Å². The molecular formula is C15H21BrClNO. The third-order valence-corrected chi connectivity index (χ3v) is 4.39. The Morgan fingerprint density at radius 1 is 1.32 bits per heavy atom. The van der Waals surface area contributed by atoms with Crippen LogP contribution in [-0.2, 0) is 0 Å². The van der Waals surface area contributed by atoms with Crippen molar-refractivity contribution in [3.63, 3.8) is 0 Å². The zero-order valence-corrected chi connectivity index (χ0v) is 14.1. The van der Waals surface area contributed by atoms with Crippen molar-refractivity contribution in [3.8, 4) is 0 Å². The van der Waals surface area contributed by atoms with Crippen molar-refractivity contribution in [1.29, 1.82) is 0 Å². The number of rotatable bonds is 6. The fraction of sp³-hybridized carbons (Fsp3) is 0.533. The lowest BCUT2D eigenvalue weighted by molar-refractivity contribution is 0.0734. The molecule has 0 aliphatic rings. The number of nitrogens with zero attached hydrogens (tertiary/aromatic N) is 1. The number of halogens is 2. The number of carbonyl (C=O) groups is 1. The topological polar surface area (TPSA) is 20.3 Å². The molecule has 106 valence electrons. The molecule has 4 heteroatoms. The number of benzene rings is 1. The Labute approximate surface area is 129 Å². The standard InChI is InChI=1S/C15H21BrClNO/c1-4-11(5-2)10-18(6-3)15(19)13-9-12(17)7-8-14(13)16/h7-9,11H,4-6,10H2,1-3H3. The summed E-state index contributed by atoms with van der Waals surface area (Å²) in [7, 11) is 0. The van der Waals surface area contributed by atoms with E-state index in [0.29, 0.717) is 23.0 Å². The highest BCUT2D eigenvalue weighted by molar-refractivity contribution is 9.10. The average Bonchev–Trinajstić information content (AvgIpc) is 2.42. The maximum atomic E-state index is 12.6. The summed E-state index contributed by atoms with van der Waals surface area (Å²) in [4.78, 5) is 14.5.